The average Bonchev–Trinajstić information content (AvgIpc) is 3.50. The number of nitrogens with two attached hydrogens (primary N) is 1. The van der Waals surface area contributed by atoms with Crippen molar-refractivity contribution < 1.29 is 17.6 Å². The van der Waals surface area contributed by atoms with Crippen molar-refractivity contribution in [2.24, 2.45) is 5.14 Å². The molecule has 0 saturated heterocycles. The molecule has 2 N–H and O–H groups in total. The molecule has 0 atom stereocenters. The minimum absolute atomic E-state index is 0.0154. The summed E-state index contributed by atoms with van der Waals surface area (Å²) in [6.45, 7) is 0.139. The van der Waals surface area contributed by atoms with E-state index in [0.717, 1.165) is 4.47 Å². The van der Waals surface area contributed by atoms with Crippen LogP contribution >= 0.6 is 27.3 Å². The van der Waals surface area contributed by atoms with E-state index in [9.17, 15) is 13.2 Å². The van der Waals surface area contributed by atoms with E-state index in [1.54, 1.807) is 30.3 Å². The lowest BCUT2D eigenvalue weighted by Gasteiger charge is -2.02. The van der Waals surface area contributed by atoms with Crippen molar-refractivity contribution in [3.63, 3.8) is 0 Å². The van der Waals surface area contributed by atoms with E-state index >= 15 is 0 Å². The van der Waals surface area contributed by atoms with Gasteiger partial charge in [0.05, 0.1) is 4.90 Å². The first kappa shape index (κ1) is 22.5. The predicted octanol–water partition coefficient (Wildman–Crippen LogP) is 2.95. The summed E-state index contributed by atoms with van der Waals surface area (Å²) >= 11 is 4.56. The molecule has 0 amide bonds. The third-order valence-corrected chi connectivity index (χ3v) is 7.19. The maximum absolute atomic E-state index is 12.7. The van der Waals surface area contributed by atoms with Crippen molar-refractivity contribution in [3.8, 4) is 17.1 Å². The summed E-state index contributed by atoms with van der Waals surface area (Å²) in [6.07, 6.45) is 1.61. The Hall–Kier alpha value is -3.32. The minimum atomic E-state index is -3.77. The summed E-state index contributed by atoms with van der Waals surface area (Å²) in [6, 6.07) is 16.8. The van der Waals surface area contributed by atoms with Gasteiger partial charge < -0.3 is 9.15 Å². The van der Waals surface area contributed by atoms with Gasteiger partial charge in [0.25, 0.3) is 5.56 Å². The second-order valence-electron chi connectivity index (χ2n) is 7.15. The van der Waals surface area contributed by atoms with Crippen molar-refractivity contribution >= 4 is 48.3 Å². The van der Waals surface area contributed by atoms with Crippen molar-refractivity contribution in [2.75, 3.05) is 0 Å². The lowest BCUT2D eigenvalue weighted by Crippen LogP contribution is -2.23. The number of sulfonamides is 1. The quantitative estimate of drug-likeness (QED) is 0.339. The highest BCUT2D eigenvalue weighted by atomic mass is 79.9. The Bertz CT molecular complexity index is 1710. The van der Waals surface area contributed by atoms with Crippen LogP contribution in [0.4, 0.5) is 0 Å². The largest absolute Gasteiger partial charge is 0.486 e. The SMILES string of the molecule is NS(=O)(=O)c1ccc(-c2ccc(C=c3sc4nc(COc5ccc(Br)cc5)nn4c3=O)o2)cc1. The Labute approximate surface area is 205 Å². The highest BCUT2D eigenvalue weighted by molar-refractivity contribution is 9.10. The molecule has 9 nitrogen and oxygen atoms in total. The van der Waals surface area contributed by atoms with E-state index < -0.39 is 10.0 Å². The van der Waals surface area contributed by atoms with Gasteiger partial charge in [-0.25, -0.2) is 13.6 Å². The minimum Gasteiger partial charge on any atom is -0.486 e. The van der Waals surface area contributed by atoms with Gasteiger partial charge in [0.2, 0.25) is 15.0 Å². The topological polar surface area (TPSA) is 130 Å². The molecular formula is C22H15BrN4O5S2. The Balaban J connectivity index is 1.36. The number of thiazole rings is 1. The van der Waals surface area contributed by atoms with Gasteiger partial charge in [0, 0.05) is 16.1 Å². The number of fused-ring (bicyclic) bond motifs is 1. The molecule has 3 heterocycles. The van der Waals surface area contributed by atoms with Crippen molar-refractivity contribution in [1.82, 2.24) is 14.6 Å². The van der Waals surface area contributed by atoms with E-state index in [-0.39, 0.29) is 17.1 Å². The van der Waals surface area contributed by atoms with E-state index in [0.29, 0.717) is 38.2 Å². The van der Waals surface area contributed by atoms with Crippen LogP contribution in [-0.4, -0.2) is 23.0 Å². The van der Waals surface area contributed by atoms with E-state index in [2.05, 4.69) is 26.0 Å². The maximum Gasteiger partial charge on any atom is 0.291 e. The first-order valence-corrected chi connectivity index (χ1v) is 12.9. The number of rotatable bonds is 6. The van der Waals surface area contributed by atoms with E-state index in [1.165, 1.54) is 28.0 Å². The molecule has 0 radical (unpaired) electrons. The number of hydrogen-bond donors (Lipinski definition) is 1. The number of ether oxygens (including phenoxy) is 1. The molecule has 0 aliphatic carbocycles. The van der Waals surface area contributed by atoms with Gasteiger partial charge in [0.15, 0.2) is 5.82 Å². The first-order chi connectivity index (χ1) is 16.3. The fourth-order valence-corrected chi connectivity index (χ4v) is 4.82. The molecule has 3 aromatic heterocycles. The van der Waals surface area contributed by atoms with Crippen molar-refractivity contribution in [1.29, 1.82) is 0 Å². The number of hydrogen-bond acceptors (Lipinski definition) is 8. The molecule has 0 saturated carbocycles. The lowest BCUT2D eigenvalue weighted by molar-refractivity contribution is 0.296. The van der Waals surface area contributed by atoms with Crippen LogP contribution in [0.3, 0.4) is 0 Å². The van der Waals surface area contributed by atoms with Crippen molar-refractivity contribution in [3.05, 3.63) is 91.6 Å². The fourth-order valence-electron chi connectivity index (χ4n) is 3.14. The second-order valence-corrected chi connectivity index (χ2v) is 10.6. The van der Waals surface area contributed by atoms with Crippen LogP contribution in [0.25, 0.3) is 22.4 Å². The van der Waals surface area contributed by atoms with Gasteiger partial charge in [-0.2, -0.15) is 9.50 Å². The van der Waals surface area contributed by atoms with Crippen LogP contribution in [0.15, 0.2) is 79.2 Å². The van der Waals surface area contributed by atoms with Crippen LogP contribution in [0.2, 0.25) is 0 Å². The molecule has 0 fully saturated rings. The Morgan fingerprint density at radius 3 is 2.50 bits per heavy atom. The standard InChI is InChI=1S/C22H15BrN4O5S2/c23-14-3-5-15(6-4-14)31-12-20-25-22-27(26-20)21(28)19(33-22)11-16-7-10-18(32-16)13-1-8-17(9-2-13)34(24,29)30/h1-11H,12H2,(H2,24,29,30). The third-order valence-electron chi connectivity index (χ3n) is 4.77. The van der Waals surface area contributed by atoms with Gasteiger partial charge in [0.1, 0.15) is 28.4 Å². The highest BCUT2D eigenvalue weighted by Crippen LogP contribution is 2.24. The Morgan fingerprint density at radius 2 is 1.82 bits per heavy atom. The lowest BCUT2D eigenvalue weighted by atomic mass is 10.2. The first-order valence-electron chi connectivity index (χ1n) is 9.78. The normalized spacial score (nSPS) is 12.5. The zero-order valence-corrected chi connectivity index (χ0v) is 20.4. The summed E-state index contributed by atoms with van der Waals surface area (Å²) in [7, 11) is -3.77. The molecular weight excluding hydrogens is 544 g/mol. The molecule has 0 spiro atoms. The highest BCUT2D eigenvalue weighted by Gasteiger charge is 2.13. The van der Waals surface area contributed by atoms with Crippen LogP contribution in [-0.2, 0) is 16.6 Å². The van der Waals surface area contributed by atoms with Crippen LogP contribution in [0.1, 0.15) is 11.6 Å². The predicted molar refractivity (Wildman–Crippen MR) is 130 cm³/mol. The zero-order valence-electron chi connectivity index (χ0n) is 17.2. The van der Waals surface area contributed by atoms with Gasteiger partial charge in [-0.05, 0) is 60.7 Å². The van der Waals surface area contributed by atoms with Crippen LogP contribution < -0.4 is 20.0 Å². The molecule has 0 aliphatic rings. The Kier molecular flexibility index (Phi) is 5.81. The van der Waals surface area contributed by atoms with Crippen LogP contribution in [0.5, 0.6) is 5.75 Å². The molecule has 34 heavy (non-hydrogen) atoms. The molecule has 0 bridgehead atoms. The summed E-state index contributed by atoms with van der Waals surface area (Å²) in [5.41, 5.74) is 0.366. The average molecular weight is 559 g/mol. The van der Waals surface area contributed by atoms with Crippen LogP contribution in [0, 0.1) is 0 Å². The van der Waals surface area contributed by atoms with Gasteiger partial charge in [-0.15, -0.1) is 5.10 Å². The molecule has 172 valence electrons. The van der Waals surface area contributed by atoms with Crippen molar-refractivity contribution in [2.45, 2.75) is 11.5 Å². The number of halogens is 1. The maximum atomic E-state index is 12.7. The van der Waals surface area contributed by atoms with Gasteiger partial charge >= 0.3 is 0 Å². The zero-order chi connectivity index (χ0) is 23.9. The number of nitrogens with zero attached hydrogens (tertiary/aromatic N) is 3. The summed E-state index contributed by atoms with van der Waals surface area (Å²) in [4.78, 5) is 17.6. The number of aromatic nitrogens is 3. The molecule has 5 rings (SSSR count). The molecule has 12 heteroatoms. The summed E-state index contributed by atoms with van der Waals surface area (Å²) in [5.74, 6) is 2.06. The molecule has 5 aromatic rings. The Morgan fingerprint density at radius 1 is 1.09 bits per heavy atom. The summed E-state index contributed by atoms with van der Waals surface area (Å²) in [5, 5.41) is 9.37. The third kappa shape index (κ3) is 4.66. The molecule has 0 aliphatic heterocycles. The van der Waals surface area contributed by atoms with E-state index in [4.69, 9.17) is 14.3 Å². The van der Waals surface area contributed by atoms with Gasteiger partial charge in [-0.1, -0.05) is 27.3 Å². The number of furan rings is 1. The number of primary sulfonamides is 1. The summed E-state index contributed by atoms with van der Waals surface area (Å²) < 4.78 is 36.9. The fraction of sp³-hybridized carbons (Fsp3) is 0.0455. The molecule has 2 aromatic carbocycles. The monoisotopic (exact) mass is 558 g/mol. The second kappa shape index (κ2) is 8.80. The smallest absolute Gasteiger partial charge is 0.291 e. The van der Waals surface area contributed by atoms with Gasteiger partial charge in [-0.3, -0.25) is 4.79 Å². The molecule has 0 unspecified atom stereocenters. The van der Waals surface area contributed by atoms with E-state index in [1.807, 2.05) is 24.3 Å². The number of benzene rings is 2.